The van der Waals surface area contributed by atoms with E-state index in [9.17, 15) is 9.59 Å². The molecule has 5 rings (SSSR count). The van der Waals surface area contributed by atoms with Gasteiger partial charge in [-0.15, -0.1) is 0 Å². The number of nitrogens with zero attached hydrogens (tertiary/aromatic N) is 5. The number of para-hydroxylation sites is 1. The van der Waals surface area contributed by atoms with Crippen LogP contribution in [0.4, 0.5) is 0 Å². The maximum absolute atomic E-state index is 13.3. The number of rotatable bonds is 4. The standard InChI is InChI=1S/C24H14ClN5O2S/c25-16-7-10-21-27-17(11-22(31)29(21)13-16)14-33-24-28-20-4-2-1-3-19(20)23(32)30(24)18-8-5-15(12-26)6-9-18/h1-11,13H,14H2. The second-order valence-corrected chi connectivity index (χ2v) is 8.54. The van der Waals surface area contributed by atoms with E-state index in [2.05, 4.69) is 11.1 Å². The summed E-state index contributed by atoms with van der Waals surface area (Å²) in [7, 11) is 0. The van der Waals surface area contributed by atoms with Crippen LogP contribution in [-0.4, -0.2) is 18.9 Å². The Morgan fingerprint density at radius 1 is 1.00 bits per heavy atom. The van der Waals surface area contributed by atoms with Gasteiger partial charge in [-0.25, -0.2) is 9.97 Å². The first kappa shape index (κ1) is 20.9. The summed E-state index contributed by atoms with van der Waals surface area (Å²) in [6.07, 6.45) is 1.52. The molecular formula is C24H14ClN5O2S. The molecule has 9 heteroatoms. The van der Waals surface area contributed by atoms with Crippen molar-refractivity contribution in [2.45, 2.75) is 10.9 Å². The van der Waals surface area contributed by atoms with Gasteiger partial charge in [0.1, 0.15) is 5.65 Å². The van der Waals surface area contributed by atoms with Gasteiger partial charge in [0, 0.05) is 18.0 Å². The molecule has 0 amide bonds. The maximum atomic E-state index is 13.3. The van der Waals surface area contributed by atoms with E-state index in [1.54, 1.807) is 54.6 Å². The lowest BCUT2D eigenvalue weighted by atomic mass is 10.2. The van der Waals surface area contributed by atoms with Crippen molar-refractivity contribution in [2.75, 3.05) is 0 Å². The molecule has 5 aromatic rings. The lowest BCUT2D eigenvalue weighted by Crippen LogP contribution is -2.22. The van der Waals surface area contributed by atoms with E-state index in [0.717, 1.165) is 0 Å². The molecule has 0 spiro atoms. The molecule has 0 unspecified atom stereocenters. The van der Waals surface area contributed by atoms with Gasteiger partial charge in [-0.05, 0) is 48.5 Å². The Bertz CT molecular complexity index is 1690. The number of benzene rings is 2. The molecule has 0 aliphatic heterocycles. The lowest BCUT2D eigenvalue weighted by Gasteiger charge is -2.13. The number of hydrogen-bond donors (Lipinski definition) is 0. The predicted octanol–water partition coefficient (Wildman–Crippen LogP) is 4.21. The van der Waals surface area contributed by atoms with E-state index in [4.69, 9.17) is 21.8 Å². The van der Waals surface area contributed by atoms with E-state index in [1.807, 2.05) is 6.07 Å². The summed E-state index contributed by atoms with van der Waals surface area (Å²) >= 11 is 7.28. The highest BCUT2D eigenvalue weighted by atomic mass is 35.5. The summed E-state index contributed by atoms with van der Waals surface area (Å²) in [6.45, 7) is 0. The molecule has 3 aromatic heterocycles. The number of halogens is 1. The maximum Gasteiger partial charge on any atom is 0.266 e. The van der Waals surface area contributed by atoms with Gasteiger partial charge in [-0.2, -0.15) is 5.26 Å². The van der Waals surface area contributed by atoms with Crippen LogP contribution in [0.1, 0.15) is 11.3 Å². The molecule has 0 saturated heterocycles. The van der Waals surface area contributed by atoms with Gasteiger partial charge in [-0.1, -0.05) is 35.5 Å². The van der Waals surface area contributed by atoms with Crippen LogP contribution in [0.25, 0.3) is 22.2 Å². The van der Waals surface area contributed by atoms with Crippen molar-refractivity contribution in [1.82, 2.24) is 18.9 Å². The van der Waals surface area contributed by atoms with Crippen LogP contribution in [0.5, 0.6) is 0 Å². The minimum atomic E-state index is -0.242. The molecule has 2 aromatic carbocycles. The van der Waals surface area contributed by atoms with E-state index < -0.39 is 0 Å². The van der Waals surface area contributed by atoms with E-state index in [0.29, 0.717) is 49.4 Å². The molecular weight excluding hydrogens is 458 g/mol. The van der Waals surface area contributed by atoms with Crippen molar-refractivity contribution < 1.29 is 0 Å². The summed E-state index contributed by atoms with van der Waals surface area (Å²) in [6, 6.07) is 20.8. The number of fused-ring (bicyclic) bond motifs is 2. The molecule has 0 aliphatic rings. The van der Waals surface area contributed by atoms with Crippen LogP contribution in [0.2, 0.25) is 5.02 Å². The Morgan fingerprint density at radius 2 is 1.79 bits per heavy atom. The quantitative estimate of drug-likeness (QED) is 0.288. The zero-order valence-corrected chi connectivity index (χ0v) is 18.5. The number of pyridine rings is 1. The molecule has 33 heavy (non-hydrogen) atoms. The lowest BCUT2D eigenvalue weighted by molar-refractivity contribution is 0.819. The molecule has 0 radical (unpaired) electrons. The average Bonchev–Trinajstić information content (AvgIpc) is 2.83. The fourth-order valence-electron chi connectivity index (χ4n) is 3.46. The summed E-state index contributed by atoms with van der Waals surface area (Å²) in [5, 5.41) is 10.5. The summed E-state index contributed by atoms with van der Waals surface area (Å²) in [5.41, 5.74) is 2.26. The molecule has 3 heterocycles. The zero-order valence-electron chi connectivity index (χ0n) is 17.0. The van der Waals surface area contributed by atoms with Crippen molar-refractivity contribution in [3.05, 3.63) is 110 Å². The van der Waals surface area contributed by atoms with Crippen molar-refractivity contribution >= 4 is 39.9 Å². The molecule has 0 N–H and O–H groups in total. The number of thioether (sulfide) groups is 1. The highest BCUT2D eigenvalue weighted by Crippen LogP contribution is 2.24. The Kier molecular flexibility index (Phi) is 5.42. The van der Waals surface area contributed by atoms with Crippen molar-refractivity contribution in [3.8, 4) is 11.8 Å². The average molecular weight is 472 g/mol. The van der Waals surface area contributed by atoms with Gasteiger partial charge in [0.25, 0.3) is 11.1 Å². The predicted molar refractivity (Wildman–Crippen MR) is 128 cm³/mol. The topological polar surface area (TPSA) is 93.1 Å². The van der Waals surface area contributed by atoms with Crippen LogP contribution in [0.15, 0.2) is 87.7 Å². The Morgan fingerprint density at radius 3 is 2.58 bits per heavy atom. The highest BCUT2D eigenvalue weighted by molar-refractivity contribution is 7.98. The Labute approximate surface area is 196 Å². The molecule has 7 nitrogen and oxygen atoms in total. The van der Waals surface area contributed by atoms with Gasteiger partial charge in [-0.3, -0.25) is 18.6 Å². The zero-order chi connectivity index (χ0) is 22.9. The van der Waals surface area contributed by atoms with Gasteiger partial charge in [0.2, 0.25) is 0 Å². The van der Waals surface area contributed by atoms with Gasteiger partial charge >= 0.3 is 0 Å². The van der Waals surface area contributed by atoms with Gasteiger partial charge in [0.05, 0.1) is 38.9 Å². The highest BCUT2D eigenvalue weighted by Gasteiger charge is 2.14. The third-order valence-electron chi connectivity index (χ3n) is 5.03. The minimum Gasteiger partial charge on any atom is -0.269 e. The summed E-state index contributed by atoms with van der Waals surface area (Å²) < 4.78 is 2.90. The third kappa shape index (κ3) is 4.00. The summed E-state index contributed by atoms with van der Waals surface area (Å²) in [4.78, 5) is 35.1. The number of aromatic nitrogens is 4. The van der Waals surface area contributed by atoms with Crippen LogP contribution < -0.4 is 11.1 Å². The van der Waals surface area contributed by atoms with Crippen LogP contribution >= 0.6 is 23.4 Å². The third-order valence-corrected chi connectivity index (χ3v) is 6.22. The molecule has 0 bridgehead atoms. The van der Waals surface area contributed by atoms with Gasteiger partial charge < -0.3 is 0 Å². The van der Waals surface area contributed by atoms with E-state index in [1.165, 1.54) is 33.0 Å². The smallest absolute Gasteiger partial charge is 0.266 e. The Balaban J connectivity index is 1.59. The molecule has 0 fully saturated rings. The first-order valence-electron chi connectivity index (χ1n) is 9.86. The molecule has 0 saturated carbocycles. The first-order valence-corrected chi connectivity index (χ1v) is 11.2. The first-order chi connectivity index (χ1) is 16.0. The van der Waals surface area contributed by atoms with Gasteiger partial charge in [0.15, 0.2) is 5.16 Å². The van der Waals surface area contributed by atoms with Crippen LogP contribution in [-0.2, 0) is 5.75 Å². The Hall–Kier alpha value is -3.93. The van der Waals surface area contributed by atoms with E-state index >= 15 is 0 Å². The largest absolute Gasteiger partial charge is 0.269 e. The van der Waals surface area contributed by atoms with Crippen molar-refractivity contribution in [1.29, 1.82) is 5.26 Å². The fraction of sp³-hybridized carbons (Fsp3) is 0.0417. The monoisotopic (exact) mass is 471 g/mol. The molecule has 0 aliphatic carbocycles. The number of hydrogen-bond acceptors (Lipinski definition) is 6. The second kappa shape index (κ2) is 8.54. The number of nitriles is 1. The van der Waals surface area contributed by atoms with Crippen LogP contribution in [0, 0.1) is 11.3 Å². The van der Waals surface area contributed by atoms with E-state index in [-0.39, 0.29) is 11.1 Å². The fourth-order valence-corrected chi connectivity index (χ4v) is 4.53. The summed E-state index contributed by atoms with van der Waals surface area (Å²) in [5.74, 6) is 0.329. The normalized spacial score (nSPS) is 11.0. The second-order valence-electron chi connectivity index (χ2n) is 7.16. The molecule has 0 atom stereocenters. The minimum absolute atomic E-state index is 0.214. The SMILES string of the molecule is N#Cc1ccc(-n2c(SCc3cc(=O)n4cc(Cl)ccc4n3)nc3ccccc3c2=O)cc1. The van der Waals surface area contributed by atoms with Crippen LogP contribution in [0.3, 0.4) is 0 Å². The van der Waals surface area contributed by atoms with Crippen molar-refractivity contribution in [3.63, 3.8) is 0 Å². The molecule has 160 valence electrons. The van der Waals surface area contributed by atoms with Crippen molar-refractivity contribution in [2.24, 2.45) is 0 Å².